The summed E-state index contributed by atoms with van der Waals surface area (Å²) in [5.41, 5.74) is 1.94. The first-order chi connectivity index (χ1) is 11.9. The minimum atomic E-state index is -3.49. The van der Waals surface area contributed by atoms with E-state index in [9.17, 15) is 13.2 Å². The smallest absolute Gasteiger partial charge is 0.419 e. The predicted octanol–water partition coefficient (Wildman–Crippen LogP) is 3.15. The minimum absolute atomic E-state index is 0.0257. The third-order valence-corrected chi connectivity index (χ3v) is 4.23. The molecule has 0 saturated heterocycles. The zero-order valence-electron chi connectivity index (χ0n) is 16.1. The first-order valence-electron chi connectivity index (χ1n) is 8.28. The zero-order chi connectivity index (χ0) is 19.7. The fourth-order valence-electron chi connectivity index (χ4n) is 2.61. The molecule has 0 amide bonds. The van der Waals surface area contributed by atoms with E-state index in [-0.39, 0.29) is 6.61 Å². The quantitative estimate of drug-likeness (QED) is 0.739. The number of benzene rings is 1. The lowest BCUT2D eigenvalue weighted by molar-refractivity contribution is 0.0544. The Morgan fingerprint density at radius 1 is 1.27 bits per heavy atom. The molecule has 26 heavy (non-hydrogen) atoms. The summed E-state index contributed by atoms with van der Waals surface area (Å²) in [5, 5.41) is 0.904. The number of likely N-dealkylation sites (N-methyl/N-ethyl adjacent to an activating group) is 1. The van der Waals surface area contributed by atoms with Crippen molar-refractivity contribution in [2.75, 3.05) is 31.4 Å². The molecule has 0 unspecified atom stereocenters. The number of carbonyl (C=O) groups is 1. The number of carbonyl (C=O) groups excluding carboxylic acids is 1. The van der Waals surface area contributed by atoms with E-state index in [1.807, 2.05) is 57.8 Å². The van der Waals surface area contributed by atoms with Crippen LogP contribution in [-0.2, 0) is 19.0 Å². The van der Waals surface area contributed by atoms with Crippen molar-refractivity contribution in [1.29, 1.82) is 0 Å². The number of rotatable bonds is 5. The molecule has 0 spiro atoms. The summed E-state index contributed by atoms with van der Waals surface area (Å²) in [4.78, 5) is 14.4. The van der Waals surface area contributed by atoms with Crippen molar-refractivity contribution >= 4 is 32.8 Å². The molecular weight excluding hydrogens is 356 g/mol. The van der Waals surface area contributed by atoms with Gasteiger partial charge < -0.3 is 9.64 Å². The Morgan fingerprint density at radius 2 is 1.92 bits per heavy atom. The van der Waals surface area contributed by atoms with Gasteiger partial charge in [0, 0.05) is 25.2 Å². The Labute approximate surface area is 154 Å². The second kappa shape index (κ2) is 7.28. The lowest BCUT2D eigenvalue weighted by atomic mass is 10.1. The van der Waals surface area contributed by atoms with Gasteiger partial charge in [-0.25, -0.2) is 4.79 Å². The predicted molar refractivity (Wildman–Crippen MR) is 102 cm³/mol. The van der Waals surface area contributed by atoms with Crippen molar-refractivity contribution < 1.29 is 22.1 Å². The van der Waals surface area contributed by atoms with Crippen LogP contribution in [0.1, 0.15) is 26.3 Å². The third kappa shape index (κ3) is 5.22. The van der Waals surface area contributed by atoms with Gasteiger partial charge in [0.2, 0.25) is 0 Å². The van der Waals surface area contributed by atoms with Crippen LogP contribution in [0.5, 0.6) is 0 Å². The summed E-state index contributed by atoms with van der Waals surface area (Å²) in [7, 11) is -1.66. The number of hydrogen-bond acceptors (Lipinski definition) is 6. The maximum atomic E-state index is 12.6. The van der Waals surface area contributed by atoms with Gasteiger partial charge in [-0.1, -0.05) is 0 Å². The molecule has 2 rings (SSSR count). The van der Waals surface area contributed by atoms with Crippen molar-refractivity contribution in [3.05, 3.63) is 30.0 Å². The SMILES string of the molecule is Cc1cc(N(C)CCOS(C)(=O)=O)c2c(ccn2C(=O)OC(C)(C)C)c1. The van der Waals surface area contributed by atoms with E-state index < -0.39 is 21.8 Å². The molecule has 0 aliphatic heterocycles. The van der Waals surface area contributed by atoms with Crippen LogP contribution >= 0.6 is 0 Å². The Bertz CT molecular complexity index is 910. The second-order valence-electron chi connectivity index (χ2n) is 7.34. The van der Waals surface area contributed by atoms with Crippen molar-refractivity contribution in [1.82, 2.24) is 4.57 Å². The molecule has 0 bridgehead atoms. The number of ether oxygens (including phenoxy) is 1. The lowest BCUT2D eigenvalue weighted by Gasteiger charge is -2.23. The lowest BCUT2D eigenvalue weighted by Crippen LogP contribution is -2.28. The fraction of sp³-hybridized carbons (Fsp3) is 0.500. The average Bonchev–Trinajstić information content (AvgIpc) is 2.86. The van der Waals surface area contributed by atoms with Crippen molar-refractivity contribution in [2.24, 2.45) is 0 Å². The van der Waals surface area contributed by atoms with Crippen molar-refractivity contribution in [3.8, 4) is 0 Å². The van der Waals surface area contributed by atoms with E-state index in [1.165, 1.54) is 4.57 Å². The second-order valence-corrected chi connectivity index (χ2v) is 8.98. The van der Waals surface area contributed by atoms with Crippen molar-refractivity contribution in [3.63, 3.8) is 0 Å². The molecule has 0 saturated carbocycles. The highest BCUT2D eigenvalue weighted by atomic mass is 32.2. The molecule has 0 aliphatic rings. The van der Waals surface area contributed by atoms with Crippen molar-refractivity contribution in [2.45, 2.75) is 33.3 Å². The zero-order valence-corrected chi connectivity index (χ0v) is 16.9. The third-order valence-electron chi connectivity index (χ3n) is 3.63. The maximum Gasteiger partial charge on any atom is 0.419 e. The van der Waals surface area contributed by atoms with Gasteiger partial charge >= 0.3 is 6.09 Å². The van der Waals surface area contributed by atoms with Crippen LogP contribution in [0.3, 0.4) is 0 Å². The van der Waals surface area contributed by atoms with Crippen LogP contribution in [-0.4, -0.2) is 51.1 Å². The molecule has 7 nitrogen and oxygen atoms in total. The van der Waals surface area contributed by atoms with Gasteiger partial charge in [-0.2, -0.15) is 8.42 Å². The fourth-order valence-corrected chi connectivity index (χ4v) is 2.98. The van der Waals surface area contributed by atoms with E-state index in [4.69, 9.17) is 8.92 Å². The van der Waals surface area contributed by atoms with Gasteiger partial charge in [-0.15, -0.1) is 0 Å². The molecule has 0 atom stereocenters. The standard InChI is InChI=1S/C18H26N2O5S/c1-13-11-14-7-8-20(17(21)25-18(2,3)4)16(14)15(12-13)19(5)9-10-24-26(6,22)23/h7-8,11-12H,9-10H2,1-6H3. The normalized spacial score (nSPS) is 12.4. The molecule has 0 fully saturated rings. The van der Waals surface area contributed by atoms with E-state index in [2.05, 4.69) is 0 Å². The largest absolute Gasteiger partial charge is 0.443 e. The Kier molecular flexibility index (Phi) is 5.67. The molecule has 0 N–H and O–H groups in total. The summed E-state index contributed by atoms with van der Waals surface area (Å²) in [5.74, 6) is 0. The molecule has 2 aromatic rings. The van der Waals surface area contributed by atoms with Crippen LogP contribution in [0.2, 0.25) is 0 Å². The first-order valence-corrected chi connectivity index (χ1v) is 10.1. The van der Waals surface area contributed by atoms with Gasteiger partial charge in [0.1, 0.15) is 5.60 Å². The number of aryl methyl sites for hydroxylation is 1. The number of hydrogen-bond donors (Lipinski definition) is 0. The summed E-state index contributed by atoms with van der Waals surface area (Å²) in [6.45, 7) is 7.79. The monoisotopic (exact) mass is 382 g/mol. The highest BCUT2D eigenvalue weighted by Gasteiger charge is 2.21. The Morgan fingerprint density at radius 3 is 2.50 bits per heavy atom. The highest BCUT2D eigenvalue weighted by Crippen LogP contribution is 2.29. The summed E-state index contributed by atoms with van der Waals surface area (Å²) >= 11 is 0. The van der Waals surface area contributed by atoms with Gasteiger partial charge in [0.25, 0.3) is 10.1 Å². The molecular formula is C18H26N2O5S. The molecule has 0 radical (unpaired) electrons. The van der Waals surface area contributed by atoms with Gasteiger partial charge in [-0.3, -0.25) is 8.75 Å². The number of aromatic nitrogens is 1. The van der Waals surface area contributed by atoms with Gasteiger partial charge in [0.05, 0.1) is 24.1 Å². The molecule has 8 heteroatoms. The van der Waals surface area contributed by atoms with Gasteiger partial charge in [-0.05, 0) is 51.5 Å². The van der Waals surface area contributed by atoms with Crippen LogP contribution in [0, 0.1) is 6.92 Å². The summed E-state index contributed by atoms with van der Waals surface area (Å²) in [6.07, 6.45) is 2.24. The highest BCUT2D eigenvalue weighted by molar-refractivity contribution is 7.85. The van der Waals surface area contributed by atoms with Gasteiger partial charge in [0.15, 0.2) is 0 Å². The van der Waals surface area contributed by atoms with E-state index in [0.29, 0.717) is 12.1 Å². The van der Waals surface area contributed by atoms with Crippen LogP contribution < -0.4 is 4.90 Å². The molecule has 0 aliphatic carbocycles. The molecule has 1 heterocycles. The summed E-state index contributed by atoms with van der Waals surface area (Å²) < 4.78 is 34.1. The average molecular weight is 382 g/mol. The van der Waals surface area contributed by atoms with E-state index >= 15 is 0 Å². The number of nitrogens with zero attached hydrogens (tertiary/aromatic N) is 2. The minimum Gasteiger partial charge on any atom is -0.443 e. The Hall–Kier alpha value is -2.06. The maximum absolute atomic E-state index is 12.6. The molecule has 144 valence electrons. The van der Waals surface area contributed by atoms with Crippen LogP contribution in [0.15, 0.2) is 24.4 Å². The Balaban J connectivity index is 2.38. The molecule has 1 aromatic heterocycles. The van der Waals surface area contributed by atoms with E-state index in [1.54, 1.807) is 6.20 Å². The van der Waals surface area contributed by atoms with Crippen LogP contribution in [0.4, 0.5) is 10.5 Å². The number of fused-ring (bicyclic) bond motifs is 1. The van der Waals surface area contributed by atoms with Crippen LogP contribution in [0.25, 0.3) is 10.9 Å². The molecule has 1 aromatic carbocycles. The topological polar surface area (TPSA) is 77.8 Å². The first kappa shape index (κ1) is 20.3. The number of anilines is 1. The summed E-state index contributed by atoms with van der Waals surface area (Å²) in [6, 6.07) is 5.79. The van der Waals surface area contributed by atoms with E-state index in [0.717, 1.165) is 22.9 Å².